The summed E-state index contributed by atoms with van der Waals surface area (Å²) >= 11 is 4.68. The molecule has 6 nitrogen and oxygen atoms in total. The van der Waals surface area contributed by atoms with Gasteiger partial charge in [0.05, 0.1) is 5.75 Å². The van der Waals surface area contributed by atoms with Crippen LogP contribution in [-0.2, 0) is 11.3 Å². The van der Waals surface area contributed by atoms with Crippen LogP contribution in [0.25, 0.3) is 0 Å². The molecule has 0 aliphatic carbocycles. The number of rotatable bonds is 9. The molecule has 1 unspecified atom stereocenters. The van der Waals surface area contributed by atoms with Crippen LogP contribution in [-0.4, -0.2) is 26.4 Å². The molecule has 0 aliphatic heterocycles. The van der Waals surface area contributed by atoms with Gasteiger partial charge in [-0.05, 0) is 49.2 Å². The average Bonchev–Trinajstić information content (AvgIpc) is 3.12. The normalized spacial score (nSPS) is 12.1. The first kappa shape index (κ1) is 23.3. The first-order chi connectivity index (χ1) is 14.8. The van der Waals surface area contributed by atoms with Gasteiger partial charge in [-0.15, -0.1) is 10.2 Å². The summed E-state index contributed by atoms with van der Waals surface area (Å²) in [6, 6.07) is 13.7. The first-order valence-corrected chi connectivity index (χ1v) is 11.6. The summed E-state index contributed by atoms with van der Waals surface area (Å²) in [4.78, 5) is 12.4. The number of anilines is 1. The summed E-state index contributed by atoms with van der Waals surface area (Å²) in [5.74, 6) is 0.706. The first-order valence-electron chi connectivity index (χ1n) is 9.86. The molecule has 9 heteroatoms. The highest BCUT2D eigenvalue weighted by Crippen LogP contribution is 2.27. The number of halogens is 2. The van der Waals surface area contributed by atoms with E-state index in [-0.39, 0.29) is 17.4 Å². The molecule has 3 aromatic rings. The van der Waals surface area contributed by atoms with Gasteiger partial charge >= 0.3 is 0 Å². The van der Waals surface area contributed by atoms with Crippen molar-refractivity contribution in [1.82, 2.24) is 14.8 Å². The summed E-state index contributed by atoms with van der Waals surface area (Å²) in [5.41, 5.74) is 0.727. The molecule has 3 rings (SSSR count). The quantitative estimate of drug-likeness (QED) is 0.376. The summed E-state index contributed by atoms with van der Waals surface area (Å²) < 4.78 is 22.6. The van der Waals surface area contributed by atoms with Gasteiger partial charge in [-0.3, -0.25) is 4.79 Å². The Morgan fingerprint density at radius 3 is 2.55 bits per heavy atom. The average molecular weight is 507 g/mol. The largest absolute Gasteiger partial charge is 0.480 e. The molecular weight excluding hydrogens is 483 g/mol. The smallest absolute Gasteiger partial charge is 0.234 e. The summed E-state index contributed by atoms with van der Waals surface area (Å²) in [6.07, 6.45) is -0.505. The molecule has 0 bridgehead atoms. The molecule has 0 saturated carbocycles. The Kier molecular flexibility index (Phi) is 8.09. The van der Waals surface area contributed by atoms with Gasteiger partial charge in [0.25, 0.3) is 0 Å². The number of para-hydroxylation sites is 1. The van der Waals surface area contributed by atoms with Crippen molar-refractivity contribution in [3.8, 4) is 5.75 Å². The Bertz CT molecular complexity index is 1030. The maximum absolute atomic E-state index is 14.0. The van der Waals surface area contributed by atoms with Gasteiger partial charge in [-0.2, -0.15) is 0 Å². The molecular formula is C22H24BrFN4O2S. The van der Waals surface area contributed by atoms with Crippen molar-refractivity contribution in [3.63, 3.8) is 0 Å². The van der Waals surface area contributed by atoms with Crippen molar-refractivity contribution >= 4 is 39.3 Å². The van der Waals surface area contributed by atoms with E-state index in [1.165, 1.54) is 17.8 Å². The Balaban J connectivity index is 1.70. The molecule has 31 heavy (non-hydrogen) atoms. The van der Waals surface area contributed by atoms with Crippen molar-refractivity contribution in [2.45, 2.75) is 38.6 Å². The van der Waals surface area contributed by atoms with E-state index < -0.39 is 11.9 Å². The second-order valence-corrected chi connectivity index (χ2v) is 9.24. The maximum atomic E-state index is 14.0. The van der Waals surface area contributed by atoms with Crippen molar-refractivity contribution in [2.75, 3.05) is 11.1 Å². The van der Waals surface area contributed by atoms with E-state index in [2.05, 4.69) is 45.3 Å². The number of hydrogen-bond acceptors (Lipinski definition) is 5. The number of nitrogens with one attached hydrogen (secondary N) is 1. The number of aromatic nitrogens is 3. The van der Waals surface area contributed by atoms with E-state index in [4.69, 9.17) is 4.74 Å². The van der Waals surface area contributed by atoms with Crippen molar-refractivity contribution < 1.29 is 13.9 Å². The zero-order chi connectivity index (χ0) is 22.4. The Labute approximate surface area is 193 Å². The number of nitrogens with zero attached hydrogens (tertiary/aromatic N) is 3. The van der Waals surface area contributed by atoms with E-state index in [9.17, 15) is 9.18 Å². The molecule has 0 spiro atoms. The highest BCUT2D eigenvalue weighted by Gasteiger charge is 2.22. The van der Waals surface area contributed by atoms with E-state index in [0.29, 0.717) is 23.4 Å². The molecule has 1 atom stereocenters. The van der Waals surface area contributed by atoms with E-state index in [1.807, 2.05) is 35.8 Å². The minimum atomic E-state index is -0.505. The highest BCUT2D eigenvalue weighted by atomic mass is 79.9. The summed E-state index contributed by atoms with van der Waals surface area (Å²) in [6.45, 7) is 6.63. The molecule has 1 heterocycles. The molecule has 0 saturated heterocycles. The van der Waals surface area contributed by atoms with Crippen molar-refractivity contribution in [2.24, 2.45) is 5.92 Å². The molecule has 1 aromatic heterocycles. The van der Waals surface area contributed by atoms with E-state index >= 15 is 0 Å². The van der Waals surface area contributed by atoms with Gasteiger partial charge < -0.3 is 14.6 Å². The lowest BCUT2D eigenvalue weighted by atomic mass is 10.2. The number of hydrogen-bond donors (Lipinski definition) is 1. The molecule has 0 fully saturated rings. The monoisotopic (exact) mass is 506 g/mol. The van der Waals surface area contributed by atoms with Gasteiger partial charge in [-0.25, -0.2) is 4.39 Å². The zero-order valence-electron chi connectivity index (χ0n) is 17.5. The Morgan fingerprint density at radius 1 is 1.16 bits per heavy atom. The molecule has 0 aliphatic rings. The minimum Gasteiger partial charge on any atom is -0.480 e. The lowest BCUT2D eigenvalue weighted by Crippen LogP contribution is -2.17. The maximum Gasteiger partial charge on any atom is 0.234 e. The number of benzene rings is 2. The molecule has 1 amide bonds. The fourth-order valence-corrected chi connectivity index (χ4v) is 3.91. The lowest BCUT2D eigenvalue weighted by molar-refractivity contribution is -0.113. The third kappa shape index (κ3) is 6.54. The van der Waals surface area contributed by atoms with Crippen LogP contribution in [0.3, 0.4) is 0 Å². The standard InChI is InChI=1S/C22H24BrFN4O2S/c1-14(2)12-28-21(15(3)30-19-7-5-4-6-18(19)24)26-27-22(28)31-13-20(29)25-17-10-8-16(23)9-11-17/h4-11,14-15H,12-13H2,1-3H3,(H,25,29). The number of ether oxygens (including phenoxy) is 1. The number of amides is 1. The topological polar surface area (TPSA) is 69.0 Å². The van der Waals surface area contributed by atoms with E-state index in [0.717, 1.165) is 10.2 Å². The molecule has 164 valence electrons. The van der Waals surface area contributed by atoms with Gasteiger partial charge in [0, 0.05) is 16.7 Å². The third-order valence-electron chi connectivity index (χ3n) is 4.26. The van der Waals surface area contributed by atoms with Crippen LogP contribution in [0.2, 0.25) is 0 Å². The number of carbonyl (C=O) groups excluding carboxylic acids is 1. The fourth-order valence-electron chi connectivity index (χ4n) is 2.89. The molecule has 1 N–H and O–H groups in total. The SMILES string of the molecule is CC(C)Cn1c(SCC(=O)Nc2ccc(Br)cc2)nnc1C(C)Oc1ccccc1F. The van der Waals surface area contributed by atoms with Crippen LogP contribution < -0.4 is 10.1 Å². The van der Waals surface area contributed by atoms with Gasteiger partial charge in [0.15, 0.2) is 28.7 Å². The summed E-state index contributed by atoms with van der Waals surface area (Å²) in [7, 11) is 0. The van der Waals surface area contributed by atoms with Gasteiger partial charge in [0.2, 0.25) is 5.91 Å². The van der Waals surface area contributed by atoms with Crippen LogP contribution in [0.1, 0.15) is 32.7 Å². The van der Waals surface area contributed by atoms with E-state index in [1.54, 1.807) is 18.2 Å². The zero-order valence-corrected chi connectivity index (χ0v) is 19.9. The lowest BCUT2D eigenvalue weighted by Gasteiger charge is -2.18. The van der Waals surface area contributed by atoms with Gasteiger partial charge in [-0.1, -0.05) is 53.7 Å². The minimum absolute atomic E-state index is 0.136. The van der Waals surface area contributed by atoms with Crippen LogP contribution in [0.5, 0.6) is 5.75 Å². The van der Waals surface area contributed by atoms with Gasteiger partial charge in [0.1, 0.15) is 0 Å². The predicted molar refractivity (Wildman–Crippen MR) is 124 cm³/mol. The predicted octanol–water partition coefficient (Wildman–Crippen LogP) is 5.71. The van der Waals surface area contributed by atoms with Crippen LogP contribution in [0.15, 0.2) is 58.2 Å². The summed E-state index contributed by atoms with van der Waals surface area (Å²) in [5, 5.41) is 12.0. The Hall–Kier alpha value is -2.39. The van der Waals surface area contributed by atoms with Crippen LogP contribution in [0.4, 0.5) is 10.1 Å². The molecule has 2 aromatic carbocycles. The van der Waals surface area contributed by atoms with Crippen LogP contribution >= 0.6 is 27.7 Å². The highest BCUT2D eigenvalue weighted by molar-refractivity contribution is 9.10. The van der Waals surface area contributed by atoms with Crippen molar-refractivity contribution in [3.05, 3.63) is 64.6 Å². The second kappa shape index (κ2) is 10.8. The second-order valence-electron chi connectivity index (χ2n) is 7.38. The number of carbonyl (C=O) groups is 1. The van der Waals surface area contributed by atoms with Crippen LogP contribution in [0, 0.1) is 11.7 Å². The number of thioether (sulfide) groups is 1. The third-order valence-corrected chi connectivity index (χ3v) is 5.75. The van der Waals surface area contributed by atoms with Crippen molar-refractivity contribution in [1.29, 1.82) is 0 Å². The Morgan fingerprint density at radius 2 is 1.87 bits per heavy atom. The molecule has 0 radical (unpaired) electrons. The fraction of sp³-hybridized carbons (Fsp3) is 0.318.